The first-order valence-electron chi connectivity index (χ1n) is 5.28. The Labute approximate surface area is 111 Å². The largest absolute Gasteiger partial charge is 0.477 e. The van der Waals surface area contributed by atoms with E-state index < -0.39 is 5.97 Å². The fourth-order valence-electron chi connectivity index (χ4n) is 1.79. The van der Waals surface area contributed by atoms with E-state index in [0.29, 0.717) is 4.91 Å². The van der Waals surface area contributed by atoms with Gasteiger partial charge in [0.05, 0.1) is 5.39 Å². The molecule has 5 nitrogen and oxygen atoms in total. The van der Waals surface area contributed by atoms with E-state index in [0.717, 1.165) is 28.3 Å². The number of carboxylic acid groups (broad SMARTS) is 1. The molecule has 18 heavy (non-hydrogen) atoms. The average Bonchev–Trinajstić information content (AvgIpc) is 2.87. The van der Waals surface area contributed by atoms with Crippen LogP contribution >= 0.6 is 23.1 Å². The van der Waals surface area contributed by atoms with Crippen molar-refractivity contribution in [2.75, 3.05) is 17.2 Å². The normalized spacial score (nSPS) is 15.8. The fraction of sp³-hybridized carbons (Fsp3) is 0.182. The van der Waals surface area contributed by atoms with Crippen LogP contribution in [0.4, 0.5) is 5.82 Å². The van der Waals surface area contributed by atoms with Crippen LogP contribution in [0.5, 0.6) is 0 Å². The molecule has 0 fully saturated rings. The van der Waals surface area contributed by atoms with Crippen molar-refractivity contribution in [3.63, 3.8) is 0 Å². The fourth-order valence-corrected chi connectivity index (χ4v) is 3.35. The smallest absolute Gasteiger partial charge is 0.343 e. The van der Waals surface area contributed by atoms with Gasteiger partial charge < -0.3 is 10.0 Å². The second kappa shape index (κ2) is 4.58. The van der Waals surface area contributed by atoms with E-state index in [-0.39, 0.29) is 0 Å². The number of aromatic nitrogens is 2. The monoisotopic (exact) mass is 279 g/mol. The van der Waals surface area contributed by atoms with Crippen LogP contribution in [0.1, 0.15) is 0 Å². The molecule has 2 aromatic rings. The second-order valence-electron chi connectivity index (χ2n) is 3.68. The molecule has 3 rings (SSSR count). The molecule has 0 radical (unpaired) electrons. The summed E-state index contributed by atoms with van der Waals surface area (Å²) in [6.45, 7) is 0.753. The van der Waals surface area contributed by atoms with Crippen molar-refractivity contribution < 1.29 is 9.90 Å². The van der Waals surface area contributed by atoms with Gasteiger partial charge >= 0.3 is 5.97 Å². The Balaban J connectivity index is 2.06. The van der Waals surface area contributed by atoms with Gasteiger partial charge in [-0.1, -0.05) is 0 Å². The highest BCUT2D eigenvalue weighted by Crippen LogP contribution is 2.30. The first-order valence-corrected chi connectivity index (χ1v) is 7.15. The number of rotatable bonds is 2. The number of thioether (sulfide) groups is 1. The van der Waals surface area contributed by atoms with E-state index in [9.17, 15) is 4.79 Å². The zero-order valence-electron chi connectivity index (χ0n) is 9.24. The van der Waals surface area contributed by atoms with E-state index in [1.165, 1.54) is 18.1 Å². The Morgan fingerprint density at radius 1 is 1.44 bits per heavy atom. The van der Waals surface area contributed by atoms with Gasteiger partial charge in [-0.25, -0.2) is 14.8 Å². The SMILES string of the molecule is O=C(O)C1=CN(c2ncnc3sccc23)CCS1. The van der Waals surface area contributed by atoms with Crippen LogP contribution in [0.15, 0.2) is 28.9 Å². The third-order valence-electron chi connectivity index (χ3n) is 2.59. The van der Waals surface area contributed by atoms with Crippen molar-refractivity contribution in [3.05, 3.63) is 28.9 Å². The predicted octanol–water partition coefficient (Wildman–Crippen LogP) is 2.17. The summed E-state index contributed by atoms with van der Waals surface area (Å²) in [6.07, 6.45) is 3.17. The minimum absolute atomic E-state index is 0.350. The summed E-state index contributed by atoms with van der Waals surface area (Å²) in [7, 11) is 0. The van der Waals surface area contributed by atoms with Gasteiger partial charge in [-0.2, -0.15) is 0 Å². The first kappa shape index (κ1) is 11.5. The van der Waals surface area contributed by atoms with Gasteiger partial charge in [0.15, 0.2) is 0 Å². The van der Waals surface area contributed by atoms with Gasteiger partial charge in [0, 0.05) is 18.5 Å². The number of hydrogen-bond donors (Lipinski definition) is 1. The number of aliphatic carboxylic acids is 1. The Morgan fingerprint density at radius 2 is 2.33 bits per heavy atom. The topological polar surface area (TPSA) is 66.3 Å². The Bertz CT molecular complexity index is 638. The number of carboxylic acids is 1. The highest BCUT2D eigenvalue weighted by molar-refractivity contribution is 8.04. The number of nitrogens with zero attached hydrogens (tertiary/aromatic N) is 3. The summed E-state index contributed by atoms with van der Waals surface area (Å²) in [4.78, 5) is 22.6. The molecule has 0 atom stereocenters. The number of carbonyl (C=O) groups is 1. The van der Waals surface area contributed by atoms with Crippen LogP contribution < -0.4 is 4.90 Å². The highest BCUT2D eigenvalue weighted by atomic mass is 32.2. The molecule has 92 valence electrons. The maximum Gasteiger partial charge on any atom is 0.343 e. The molecule has 3 heterocycles. The summed E-state index contributed by atoms with van der Waals surface area (Å²) in [5.74, 6) is 0.633. The zero-order valence-corrected chi connectivity index (χ0v) is 10.9. The van der Waals surface area contributed by atoms with Gasteiger partial charge in [0.25, 0.3) is 0 Å². The van der Waals surface area contributed by atoms with Gasteiger partial charge in [-0.3, -0.25) is 0 Å². The lowest BCUT2D eigenvalue weighted by Crippen LogP contribution is -2.25. The molecule has 0 unspecified atom stereocenters. The summed E-state index contributed by atoms with van der Waals surface area (Å²) in [5, 5.41) is 12.0. The first-order chi connectivity index (χ1) is 8.75. The van der Waals surface area contributed by atoms with Crippen LogP contribution in [0.25, 0.3) is 10.2 Å². The molecule has 1 N–H and O–H groups in total. The molecule has 0 spiro atoms. The summed E-state index contributed by atoms with van der Waals surface area (Å²) in [6, 6.07) is 1.96. The Morgan fingerprint density at radius 3 is 3.17 bits per heavy atom. The van der Waals surface area contributed by atoms with Gasteiger partial charge in [-0.05, 0) is 11.4 Å². The average molecular weight is 279 g/mol. The molecule has 1 aliphatic heterocycles. The lowest BCUT2D eigenvalue weighted by Gasteiger charge is -2.24. The van der Waals surface area contributed by atoms with Crippen LogP contribution in [-0.2, 0) is 4.79 Å². The zero-order chi connectivity index (χ0) is 12.5. The van der Waals surface area contributed by atoms with E-state index in [4.69, 9.17) is 5.11 Å². The molecule has 0 aliphatic carbocycles. The van der Waals surface area contributed by atoms with Crippen LogP contribution in [0.2, 0.25) is 0 Å². The van der Waals surface area contributed by atoms with Crippen molar-refractivity contribution in [2.45, 2.75) is 0 Å². The Kier molecular flexibility index (Phi) is 2.92. The van der Waals surface area contributed by atoms with Crippen LogP contribution in [0, 0.1) is 0 Å². The standard InChI is InChI=1S/C11H9N3O2S2/c15-11(16)8-5-14(2-4-17-8)9-7-1-3-18-10(7)13-6-12-9/h1,3,5-6H,2,4H2,(H,15,16). The third-order valence-corrected chi connectivity index (χ3v) is 4.38. The quantitative estimate of drug-likeness (QED) is 0.908. The van der Waals surface area contributed by atoms with E-state index in [1.807, 2.05) is 16.3 Å². The van der Waals surface area contributed by atoms with Crippen molar-refractivity contribution in [2.24, 2.45) is 0 Å². The molecule has 0 bridgehead atoms. The van der Waals surface area contributed by atoms with Crippen molar-refractivity contribution in [3.8, 4) is 0 Å². The maximum atomic E-state index is 11.0. The predicted molar refractivity (Wildman–Crippen MR) is 72.9 cm³/mol. The summed E-state index contributed by atoms with van der Waals surface area (Å²) < 4.78 is 0. The molecule has 2 aromatic heterocycles. The molecule has 0 saturated heterocycles. The van der Waals surface area contributed by atoms with Crippen LogP contribution in [-0.4, -0.2) is 33.3 Å². The van der Waals surface area contributed by atoms with Gasteiger partial charge in [0.1, 0.15) is 21.9 Å². The van der Waals surface area contributed by atoms with Gasteiger partial charge in [-0.15, -0.1) is 23.1 Å². The maximum absolute atomic E-state index is 11.0. The summed E-state index contributed by atoms with van der Waals surface area (Å²) >= 11 is 2.91. The lowest BCUT2D eigenvalue weighted by molar-refractivity contribution is -0.131. The number of thiophene rings is 1. The second-order valence-corrected chi connectivity index (χ2v) is 5.71. The van der Waals surface area contributed by atoms with Crippen molar-refractivity contribution in [1.82, 2.24) is 9.97 Å². The molecular weight excluding hydrogens is 270 g/mol. The molecule has 0 amide bonds. The molecule has 1 aliphatic rings. The van der Waals surface area contributed by atoms with Crippen molar-refractivity contribution >= 4 is 45.1 Å². The summed E-state index contributed by atoms with van der Waals surface area (Å²) in [5.41, 5.74) is 0. The van der Waals surface area contributed by atoms with E-state index in [2.05, 4.69) is 9.97 Å². The molecule has 0 saturated carbocycles. The Hall–Kier alpha value is -1.60. The van der Waals surface area contributed by atoms with Crippen molar-refractivity contribution in [1.29, 1.82) is 0 Å². The van der Waals surface area contributed by atoms with E-state index in [1.54, 1.807) is 17.5 Å². The minimum Gasteiger partial charge on any atom is -0.477 e. The lowest BCUT2D eigenvalue weighted by atomic mass is 10.3. The minimum atomic E-state index is -0.889. The van der Waals surface area contributed by atoms with Crippen LogP contribution in [0.3, 0.4) is 0 Å². The molecular formula is C11H9N3O2S2. The molecule has 0 aromatic carbocycles. The number of fused-ring (bicyclic) bond motifs is 1. The van der Waals surface area contributed by atoms with Gasteiger partial charge in [0.2, 0.25) is 0 Å². The number of anilines is 1. The third kappa shape index (κ3) is 1.95. The number of hydrogen-bond acceptors (Lipinski definition) is 6. The van der Waals surface area contributed by atoms with E-state index >= 15 is 0 Å². The highest BCUT2D eigenvalue weighted by Gasteiger charge is 2.19. The molecule has 7 heteroatoms.